The van der Waals surface area contributed by atoms with Gasteiger partial charge in [-0.1, -0.05) is 36.4 Å². The summed E-state index contributed by atoms with van der Waals surface area (Å²) in [5.74, 6) is -0.404. The van der Waals surface area contributed by atoms with E-state index in [0.717, 1.165) is 11.1 Å². The Hall–Kier alpha value is -2.22. The summed E-state index contributed by atoms with van der Waals surface area (Å²) in [7, 11) is -3.75. The minimum atomic E-state index is -3.75. The normalized spacial score (nSPS) is 16.7. The van der Waals surface area contributed by atoms with Crippen molar-refractivity contribution in [3.63, 3.8) is 0 Å². The molecule has 0 aliphatic carbocycles. The van der Waals surface area contributed by atoms with E-state index < -0.39 is 15.9 Å². The lowest BCUT2D eigenvalue weighted by Crippen LogP contribution is -2.41. The highest BCUT2D eigenvalue weighted by Gasteiger charge is 2.30. The zero-order chi connectivity index (χ0) is 19.4. The lowest BCUT2D eigenvalue weighted by molar-refractivity contribution is 0.0729. The highest BCUT2D eigenvalue weighted by Crippen LogP contribution is 2.23. The number of aryl methyl sites for hydroxylation is 1. The number of morpholine rings is 1. The Bertz CT molecular complexity index is 921. The number of ether oxygens (including phenoxy) is 1. The Kier molecular flexibility index (Phi) is 5.94. The molecule has 0 bridgehead atoms. The molecule has 2 aromatic carbocycles. The number of benzene rings is 2. The molecule has 7 heteroatoms. The first-order valence-corrected chi connectivity index (χ1v) is 10.4. The molecule has 2 aromatic rings. The standard InChI is InChI=1S/C20H24N2O4S/c1-15-7-3-4-8-17(15)16(2)21-20(23)18-9-5-6-10-19(18)27(24,25)22-11-13-26-14-12-22/h3-10,16H,11-14H2,1-2H3,(H,21,23). The first-order valence-electron chi connectivity index (χ1n) is 8.94. The number of amides is 1. The van der Waals surface area contributed by atoms with Crippen LogP contribution in [-0.2, 0) is 14.8 Å². The van der Waals surface area contributed by atoms with Gasteiger partial charge in [0.05, 0.1) is 29.7 Å². The minimum absolute atomic E-state index is 0.0291. The number of carbonyl (C=O) groups excluding carboxylic acids is 1. The zero-order valence-corrected chi connectivity index (χ0v) is 16.3. The summed E-state index contributed by atoms with van der Waals surface area (Å²) >= 11 is 0. The van der Waals surface area contributed by atoms with Crippen molar-refractivity contribution in [1.82, 2.24) is 9.62 Å². The van der Waals surface area contributed by atoms with E-state index in [9.17, 15) is 13.2 Å². The van der Waals surface area contributed by atoms with Crippen molar-refractivity contribution in [2.45, 2.75) is 24.8 Å². The summed E-state index contributed by atoms with van der Waals surface area (Å²) in [5.41, 5.74) is 2.23. The second kappa shape index (κ2) is 8.21. The van der Waals surface area contributed by atoms with Crippen molar-refractivity contribution in [2.75, 3.05) is 26.3 Å². The molecule has 1 amide bonds. The SMILES string of the molecule is Cc1ccccc1C(C)NC(=O)c1ccccc1S(=O)(=O)N1CCOCC1. The van der Waals surface area contributed by atoms with Crippen LogP contribution in [0, 0.1) is 6.92 Å². The van der Waals surface area contributed by atoms with Crippen LogP contribution in [0.2, 0.25) is 0 Å². The first-order chi connectivity index (χ1) is 12.9. The number of rotatable bonds is 5. The summed E-state index contributed by atoms with van der Waals surface area (Å²) in [6.07, 6.45) is 0. The highest BCUT2D eigenvalue weighted by molar-refractivity contribution is 7.89. The van der Waals surface area contributed by atoms with Crippen LogP contribution in [0.15, 0.2) is 53.4 Å². The van der Waals surface area contributed by atoms with Crippen molar-refractivity contribution < 1.29 is 17.9 Å². The predicted octanol–water partition coefficient (Wildman–Crippen LogP) is 2.51. The van der Waals surface area contributed by atoms with Crippen LogP contribution in [0.5, 0.6) is 0 Å². The quantitative estimate of drug-likeness (QED) is 0.854. The number of hydrogen-bond acceptors (Lipinski definition) is 4. The Morgan fingerprint density at radius 3 is 2.41 bits per heavy atom. The highest BCUT2D eigenvalue weighted by atomic mass is 32.2. The van der Waals surface area contributed by atoms with Crippen molar-refractivity contribution in [3.8, 4) is 0 Å². The van der Waals surface area contributed by atoms with Gasteiger partial charge in [0.2, 0.25) is 10.0 Å². The molecule has 0 radical (unpaired) electrons. The third-order valence-corrected chi connectivity index (χ3v) is 6.68. The fraction of sp³-hybridized carbons (Fsp3) is 0.350. The number of nitrogens with zero attached hydrogens (tertiary/aromatic N) is 1. The summed E-state index contributed by atoms with van der Waals surface area (Å²) < 4.78 is 32.6. The lowest BCUT2D eigenvalue weighted by atomic mass is 10.0. The molecule has 0 spiro atoms. The largest absolute Gasteiger partial charge is 0.379 e. The van der Waals surface area contributed by atoms with Crippen LogP contribution in [0.1, 0.15) is 34.5 Å². The average molecular weight is 388 g/mol. The van der Waals surface area contributed by atoms with Crippen LogP contribution in [0.4, 0.5) is 0 Å². The summed E-state index contributed by atoms with van der Waals surface area (Å²) in [6, 6.07) is 13.9. The maximum Gasteiger partial charge on any atom is 0.253 e. The fourth-order valence-electron chi connectivity index (χ4n) is 3.23. The molecule has 3 rings (SSSR count). The van der Waals surface area contributed by atoms with Crippen LogP contribution in [0.3, 0.4) is 0 Å². The predicted molar refractivity (Wildman–Crippen MR) is 103 cm³/mol. The third-order valence-electron chi connectivity index (χ3n) is 4.72. The Morgan fingerprint density at radius 2 is 1.70 bits per heavy atom. The number of sulfonamides is 1. The zero-order valence-electron chi connectivity index (χ0n) is 15.5. The summed E-state index contributed by atoms with van der Waals surface area (Å²) in [6.45, 7) is 5.17. The molecule has 1 unspecified atom stereocenters. The molecule has 6 nitrogen and oxygen atoms in total. The van der Waals surface area contributed by atoms with Gasteiger partial charge in [0, 0.05) is 13.1 Å². The van der Waals surface area contributed by atoms with Crippen molar-refractivity contribution in [3.05, 3.63) is 65.2 Å². The Labute approximate surface area is 160 Å². The Morgan fingerprint density at radius 1 is 1.07 bits per heavy atom. The van der Waals surface area contributed by atoms with Gasteiger partial charge in [-0.2, -0.15) is 4.31 Å². The molecule has 1 saturated heterocycles. The molecule has 0 saturated carbocycles. The third kappa shape index (κ3) is 4.21. The molecule has 0 aromatic heterocycles. The van der Waals surface area contributed by atoms with E-state index in [1.54, 1.807) is 18.2 Å². The number of hydrogen-bond donors (Lipinski definition) is 1. The van der Waals surface area contributed by atoms with Crippen LogP contribution in [0.25, 0.3) is 0 Å². The van der Waals surface area contributed by atoms with Crippen LogP contribution >= 0.6 is 0 Å². The Balaban J connectivity index is 1.87. The second-order valence-electron chi connectivity index (χ2n) is 6.56. The lowest BCUT2D eigenvalue weighted by Gasteiger charge is -2.27. The van der Waals surface area contributed by atoms with E-state index in [1.165, 1.54) is 10.4 Å². The fourth-order valence-corrected chi connectivity index (χ4v) is 4.83. The maximum atomic E-state index is 13.0. The van der Waals surface area contributed by atoms with E-state index in [2.05, 4.69) is 5.32 Å². The van der Waals surface area contributed by atoms with Crippen LogP contribution in [-0.4, -0.2) is 44.9 Å². The van der Waals surface area contributed by atoms with Crippen molar-refractivity contribution in [1.29, 1.82) is 0 Å². The molecule has 1 atom stereocenters. The topological polar surface area (TPSA) is 75.7 Å². The van der Waals surface area contributed by atoms with Gasteiger partial charge in [0.15, 0.2) is 0 Å². The van der Waals surface area contributed by atoms with Gasteiger partial charge in [-0.3, -0.25) is 4.79 Å². The van der Waals surface area contributed by atoms with E-state index in [4.69, 9.17) is 4.74 Å². The van der Waals surface area contributed by atoms with E-state index >= 15 is 0 Å². The summed E-state index contributed by atoms with van der Waals surface area (Å²) in [4.78, 5) is 12.9. The maximum absolute atomic E-state index is 13.0. The van der Waals surface area contributed by atoms with Gasteiger partial charge in [-0.15, -0.1) is 0 Å². The average Bonchev–Trinajstić information content (AvgIpc) is 2.69. The van der Waals surface area contributed by atoms with Gasteiger partial charge in [-0.25, -0.2) is 8.42 Å². The van der Waals surface area contributed by atoms with E-state index in [-0.39, 0.29) is 29.6 Å². The smallest absolute Gasteiger partial charge is 0.253 e. The molecular weight excluding hydrogens is 364 g/mol. The van der Waals surface area contributed by atoms with Gasteiger partial charge < -0.3 is 10.1 Å². The number of carbonyl (C=O) groups is 1. The molecule has 27 heavy (non-hydrogen) atoms. The first kappa shape index (κ1) is 19.5. The molecule has 1 aliphatic heterocycles. The second-order valence-corrected chi connectivity index (χ2v) is 8.47. The van der Waals surface area contributed by atoms with Crippen LogP contribution < -0.4 is 5.32 Å². The summed E-state index contributed by atoms with van der Waals surface area (Å²) in [5, 5.41) is 2.92. The molecule has 1 fully saturated rings. The van der Waals surface area contributed by atoms with Crippen molar-refractivity contribution in [2.24, 2.45) is 0 Å². The van der Waals surface area contributed by atoms with E-state index in [1.807, 2.05) is 38.1 Å². The van der Waals surface area contributed by atoms with Crippen molar-refractivity contribution >= 4 is 15.9 Å². The molecule has 1 heterocycles. The minimum Gasteiger partial charge on any atom is -0.379 e. The van der Waals surface area contributed by atoms with Gasteiger partial charge >= 0.3 is 0 Å². The molecule has 144 valence electrons. The van der Waals surface area contributed by atoms with Gasteiger partial charge in [0.1, 0.15) is 0 Å². The molecule has 1 aliphatic rings. The van der Waals surface area contributed by atoms with Gasteiger partial charge in [-0.05, 0) is 37.1 Å². The molecule has 1 N–H and O–H groups in total. The number of nitrogens with one attached hydrogen (secondary N) is 1. The monoisotopic (exact) mass is 388 g/mol. The van der Waals surface area contributed by atoms with E-state index in [0.29, 0.717) is 13.2 Å². The van der Waals surface area contributed by atoms with Gasteiger partial charge in [0.25, 0.3) is 5.91 Å². The molecular formula is C20H24N2O4S.